The van der Waals surface area contributed by atoms with Crippen LogP contribution < -0.4 is 0 Å². The second-order valence-electron chi connectivity index (χ2n) is 4.84. The molecule has 0 aliphatic carbocycles. The summed E-state index contributed by atoms with van der Waals surface area (Å²) < 4.78 is 2.10. The van der Waals surface area contributed by atoms with E-state index >= 15 is 0 Å². The maximum atomic E-state index is 4.02. The third-order valence-corrected chi connectivity index (χ3v) is 2.65. The van der Waals surface area contributed by atoms with Crippen molar-refractivity contribution in [3.8, 4) is 0 Å². The van der Waals surface area contributed by atoms with Crippen molar-refractivity contribution in [3.63, 3.8) is 0 Å². The average molecular weight is 317 g/mol. The van der Waals surface area contributed by atoms with Gasteiger partial charge in [0.05, 0.1) is 6.33 Å². The molecule has 0 fully saturated rings. The molecule has 0 bridgehead atoms. The molecule has 0 atom stereocenters. The van der Waals surface area contributed by atoms with Gasteiger partial charge in [-0.15, -0.1) is 6.58 Å². The Hall–Kier alpha value is -1.83. The summed E-state index contributed by atoms with van der Waals surface area (Å²) in [7, 11) is 0. The molecule has 0 aliphatic heterocycles. The zero-order valence-corrected chi connectivity index (χ0v) is 16.0. The molecule has 0 aliphatic rings. The van der Waals surface area contributed by atoms with E-state index in [-0.39, 0.29) is 0 Å². The molecule has 130 valence electrons. The number of allylic oxidation sites excluding steroid dienone is 1. The number of hydrogen-bond donors (Lipinski definition) is 0. The first kappa shape index (κ1) is 23.4. The van der Waals surface area contributed by atoms with Crippen molar-refractivity contribution >= 4 is 0 Å². The van der Waals surface area contributed by atoms with Crippen LogP contribution in [0.4, 0.5) is 0 Å². The predicted octanol–water partition coefficient (Wildman–Crippen LogP) is 6.32. The zero-order valence-electron chi connectivity index (χ0n) is 16.0. The van der Waals surface area contributed by atoms with Crippen molar-refractivity contribution < 1.29 is 0 Å². The van der Waals surface area contributed by atoms with Gasteiger partial charge in [0.2, 0.25) is 0 Å². The molecular weight excluding hydrogens is 280 g/mol. The molecule has 2 rings (SSSR count). The molecule has 0 unspecified atom stereocenters. The highest BCUT2D eigenvalue weighted by Gasteiger charge is 1.94. The number of rotatable bonds is 4. The van der Waals surface area contributed by atoms with Gasteiger partial charge in [-0.05, 0) is 30.9 Å². The van der Waals surface area contributed by atoms with E-state index in [1.165, 1.54) is 17.5 Å². The molecule has 1 aromatic carbocycles. The van der Waals surface area contributed by atoms with E-state index in [1.54, 1.807) is 6.08 Å². The van der Waals surface area contributed by atoms with Crippen molar-refractivity contribution in [1.29, 1.82) is 0 Å². The number of aromatic nitrogens is 2. The Balaban J connectivity index is 0. The highest BCUT2D eigenvalue weighted by Crippen LogP contribution is 2.06. The summed E-state index contributed by atoms with van der Waals surface area (Å²) in [5, 5.41) is 0. The lowest BCUT2D eigenvalue weighted by atomic mass is 10.1. The minimum atomic E-state index is 1.01. The average Bonchev–Trinajstić information content (AvgIpc) is 3.10. The summed E-state index contributed by atoms with van der Waals surface area (Å²) in [6, 6.07) is 8.86. The van der Waals surface area contributed by atoms with E-state index < -0.39 is 0 Å². The van der Waals surface area contributed by atoms with Crippen molar-refractivity contribution in [1.82, 2.24) is 9.55 Å². The Bertz CT molecular complexity index is 441. The quantitative estimate of drug-likeness (QED) is 0.603. The predicted molar refractivity (Wildman–Crippen MR) is 105 cm³/mol. The summed E-state index contributed by atoms with van der Waals surface area (Å²) in [4.78, 5) is 4.02. The van der Waals surface area contributed by atoms with Crippen LogP contribution >= 0.6 is 0 Å². The minimum absolute atomic E-state index is 1.01. The van der Waals surface area contributed by atoms with Gasteiger partial charge in [-0.25, -0.2) is 4.98 Å². The van der Waals surface area contributed by atoms with E-state index in [0.29, 0.717) is 0 Å². The minimum Gasteiger partial charge on any atom is -0.337 e. The number of benzene rings is 1. The molecule has 1 heterocycles. The third-order valence-electron chi connectivity index (χ3n) is 2.65. The Morgan fingerprint density at radius 2 is 1.52 bits per heavy atom. The molecule has 0 spiro atoms. The van der Waals surface area contributed by atoms with Gasteiger partial charge in [0.15, 0.2) is 0 Å². The normalized spacial score (nSPS) is 8.43. The van der Waals surface area contributed by atoms with Gasteiger partial charge in [0.25, 0.3) is 0 Å². The first-order chi connectivity index (χ1) is 11.2. The van der Waals surface area contributed by atoms with Crippen molar-refractivity contribution in [2.45, 2.75) is 67.3 Å². The van der Waals surface area contributed by atoms with Crippen LogP contribution in [-0.4, -0.2) is 9.55 Å². The van der Waals surface area contributed by atoms with Gasteiger partial charge in [0.1, 0.15) is 0 Å². The molecular formula is C21H36N2. The topological polar surface area (TPSA) is 17.8 Å². The molecule has 2 aromatic rings. The Morgan fingerprint density at radius 3 is 1.91 bits per heavy atom. The summed E-state index contributed by atoms with van der Waals surface area (Å²) >= 11 is 0. The number of aryl methyl sites for hydroxylation is 3. The Labute approximate surface area is 144 Å². The molecule has 0 radical (unpaired) electrons. The van der Waals surface area contributed by atoms with E-state index in [2.05, 4.69) is 61.2 Å². The maximum absolute atomic E-state index is 4.02. The van der Waals surface area contributed by atoms with Crippen LogP contribution in [0.2, 0.25) is 0 Å². The lowest BCUT2D eigenvalue weighted by Crippen LogP contribution is -1.98. The monoisotopic (exact) mass is 316 g/mol. The molecule has 1 aromatic heterocycles. The summed E-state index contributed by atoms with van der Waals surface area (Å²) in [6.07, 6.45) is 10.9. The largest absolute Gasteiger partial charge is 0.337 e. The lowest BCUT2D eigenvalue weighted by molar-refractivity contribution is 0.695. The smallest absolute Gasteiger partial charge is 0.0946 e. The van der Waals surface area contributed by atoms with Crippen LogP contribution in [0.1, 0.15) is 59.1 Å². The van der Waals surface area contributed by atoms with Gasteiger partial charge in [0, 0.05) is 18.9 Å². The Morgan fingerprint density at radius 1 is 1.04 bits per heavy atom. The first-order valence-corrected chi connectivity index (χ1v) is 8.82. The van der Waals surface area contributed by atoms with Crippen LogP contribution in [0.3, 0.4) is 0 Å². The fourth-order valence-electron chi connectivity index (χ4n) is 1.62. The van der Waals surface area contributed by atoms with Crippen LogP contribution in [0, 0.1) is 0 Å². The van der Waals surface area contributed by atoms with E-state index in [9.17, 15) is 0 Å². The standard InChI is InChI=1S/C13H16N2.C3H8.C3H6.C2H6/c1-2-12-3-5-13(6-4-12)7-9-15-10-8-14-11-15;2*1-3-2;1-2/h3-6,8,10-11H,2,7,9H2,1H3;3H2,1-2H3;3H,1H2,2H3;1-2H3. The fourth-order valence-corrected chi connectivity index (χ4v) is 1.62. The molecule has 0 N–H and O–H groups in total. The number of nitrogens with zero attached hydrogens (tertiary/aromatic N) is 2. The van der Waals surface area contributed by atoms with Crippen LogP contribution in [0.25, 0.3) is 0 Å². The van der Waals surface area contributed by atoms with Crippen LogP contribution in [0.5, 0.6) is 0 Å². The zero-order chi connectivity index (χ0) is 17.9. The summed E-state index contributed by atoms with van der Waals surface area (Å²) in [5.74, 6) is 0. The van der Waals surface area contributed by atoms with E-state index in [0.717, 1.165) is 19.4 Å². The Kier molecular flexibility index (Phi) is 18.6. The van der Waals surface area contributed by atoms with E-state index in [1.807, 2.05) is 39.5 Å². The second-order valence-corrected chi connectivity index (χ2v) is 4.84. The second kappa shape index (κ2) is 18.2. The van der Waals surface area contributed by atoms with Crippen molar-refractivity contribution in [3.05, 3.63) is 66.8 Å². The van der Waals surface area contributed by atoms with Crippen molar-refractivity contribution in [2.24, 2.45) is 0 Å². The summed E-state index contributed by atoms with van der Waals surface area (Å²) in [6.45, 7) is 16.7. The van der Waals surface area contributed by atoms with Gasteiger partial charge in [-0.2, -0.15) is 0 Å². The molecule has 0 saturated carbocycles. The van der Waals surface area contributed by atoms with Crippen LogP contribution in [0.15, 0.2) is 55.6 Å². The maximum Gasteiger partial charge on any atom is 0.0946 e. The summed E-state index contributed by atoms with van der Waals surface area (Å²) in [5.41, 5.74) is 2.79. The van der Waals surface area contributed by atoms with Crippen LogP contribution in [-0.2, 0) is 19.4 Å². The molecule has 23 heavy (non-hydrogen) atoms. The fraction of sp³-hybridized carbons (Fsp3) is 0.476. The van der Waals surface area contributed by atoms with Gasteiger partial charge in [-0.3, -0.25) is 0 Å². The molecule has 2 heteroatoms. The van der Waals surface area contributed by atoms with Crippen molar-refractivity contribution in [2.75, 3.05) is 0 Å². The number of imidazole rings is 1. The highest BCUT2D eigenvalue weighted by atomic mass is 15.0. The molecule has 0 saturated heterocycles. The molecule has 0 amide bonds. The van der Waals surface area contributed by atoms with Gasteiger partial charge >= 0.3 is 0 Å². The van der Waals surface area contributed by atoms with Gasteiger partial charge in [-0.1, -0.05) is 71.4 Å². The first-order valence-electron chi connectivity index (χ1n) is 8.82. The molecule has 2 nitrogen and oxygen atoms in total. The SMILES string of the molecule is C=CC.CC.CCC.CCc1ccc(CCn2ccnc2)cc1. The van der Waals surface area contributed by atoms with Gasteiger partial charge < -0.3 is 4.57 Å². The van der Waals surface area contributed by atoms with E-state index in [4.69, 9.17) is 0 Å². The number of hydrogen-bond acceptors (Lipinski definition) is 1. The third kappa shape index (κ3) is 13.5. The highest BCUT2D eigenvalue weighted by molar-refractivity contribution is 5.22. The lowest BCUT2D eigenvalue weighted by Gasteiger charge is -2.03.